The normalized spacial score (nSPS) is 10.7. The molecule has 1 N–H and O–H groups in total. The second-order valence-electron chi connectivity index (χ2n) is 6.81. The van der Waals surface area contributed by atoms with Gasteiger partial charge < -0.3 is 14.5 Å². The molecular formula is C25H21NO4. The minimum Gasteiger partial charge on any atom is -0.456 e. The quantitative estimate of drug-likeness (QED) is 0.326. The number of para-hydroxylation sites is 3. The number of nitrogens with one attached hydrogen (secondary N) is 1. The second-order valence-corrected chi connectivity index (χ2v) is 6.81. The summed E-state index contributed by atoms with van der Waals surface area (Å²) in [4.78, 5) is 28.5. The molecule has 150 valence electrons. The molecule has 0 aliphatic carbocycles. The molecule has 0 aliphatic heterocycles. The first-order valence-electron chi connectivity index (χ1n) is 9.78. The van der Waals surface area contributed by atoms with Gasteiger partial charge in [0.1, 0.15) is 17.1 Å². The molecule has 0 spiro atoms. The lowest BCUT2D eigenvalue weighted by molar-refractivity contribution is 0.0472. The summed E-state index contributed by atoms with van der Waals surface area (Å²) < 4.78 is 11.1. The maximum absolute atomic E-state index is 12.7. The van der Waals surface area contributed by atoms with Crippen LogP contribution in [0.1, 0.15) is 33.2 Å². The molecule has 0 amide bonds. The van der Waals surface area contributed by atoms with Gasteiger partial charge in [0.05, 0.1) is 0 Å². The molecule has 0 aliphatic rings. The maximum Gasteiger partial charge on any atom is 0.342 e. The Labute approximate surface area is 174 Å². The maximum atomic E-state index is 12.7. The van der Waals surface area contributed by atoms with Crippen molar-refractivity contribution in [3.05, 3.63) is 95.7 Å². The molecule has 0 radical (unpaired) electrons. The molecule has 0 atom stereocenters. The number of benzene rings is 3. The van der Waals surface area contributed by atoms with Crippen LogP contribution in [0.2, 0.25) is 0 Å². The Morgan fingerprint density at radius 1 is 0.867 bits per heavy atom. The van der Waals surface area contributed by atoms with Crippen LogP contribution >= 0.6 is 0 Å². The lowest BCUT2D eigenvalue weighted by atomic mass is 10.1. The predicted molar refractivity (Wildman–Crippen MR) is 115 cm³/mol. The van der Waals surface area contributed by atoms with Gasteiger partial charge in [0, 0.05) is 22.7 Å². The first-order valence-corrected chi connectivity index (χ1v) is 9.78. The Morgan fingerprint density at radius 3 is 2.43 bits per heavy atom. The smallest absolute Gasteiger partial charge is 0.342 e. The number of aryl methyl sites for hydroxylation is 1. The third-order valence-corrected chi connectivity index (χ3v) is 4.90. The van der Waals surface area contributed by atoms with E-state index in [0.717, 1.165) is 22.9 Å². The van der Waals surface area contributed by atoms with Crippen molar-refractivity contribution in [3.8, 4) is 11.5 Å². The Kier molecular flexibility index (Phi) is 5.61. The van der Waals surface area contributed by atoms with E-state index in [9.17, 15) is 9.59 Å². The summed E-state index contributed by atoms with van der Waals surface area (Å²) >= 11 is 0. The van der Waals surface area contributed by atoms with E-state index in [1.54, 1.807) is 42.6 Å². The fourth-order valence-electron chi connectivity index (χ4n) is 3.37. The summed E-state index contributed by atoms with van der Waals surface area (Å²) in [5.74, 6) is 0.119. The molecular weight excluding hydrogens is 378 g/mol. The highest BCUT2D eigenvalue weighted by Crippen LogP contribution is 2.26. The number of hydrogen-bond donors (Lipinski definition) is 1. The van der Waals surface area contributed by atoms with E-state index < -0.39 is 5.97 Å². The number of carbonyl (C=O) groups excluding carboxylic acids is 2. The van der Waals surface area contributed by atoms with E-state index >= 15 is 0 Å². The number of ether oxygens (including phenoxy) is 2. The fraction of sp³-hybridized carbons (Fsp3) is 0.120. The van der Waals surface area contributed by atoms with Crippen LogP contribution in [0.5, 0.6) is 11.5 Å². The van der Waals surface area contributed by atoms with Gasteiger partial charge in [-0.3, -0.25) is 4.79 Å². The molecule has 4 aromatic rings. The minimum absolute atomic E-state index is 0.260. The third kappa shape index (κ3) is 3.96. The van der Waals surface area contributed by atoms with Crippen molar-refractivity contribution in [1.29, 1.82) is 0 Å². The highest BCUT2D eigenvalue weighted by molar-refractivity contribution is 6.09. The Hall–Kier alpha value is -3.86. The van der Waals surface area contributed by atoms with Crippen molar-refractivity contribution >= 4 is 22.7 Å². The summed E-state index contributed by atoms with van der Waals surface area (Å²) in [7, 11) is 0. The van der Waals surface area contributed by atoms with E-state index in [1.165, 1.54) is 0 Å². The average Bonchev–Trinajstić information content (AvgIpc) is 3.23. The van der Waals surface area contributed by atoms with Crippen molar-refractivity contribution in [2.75, 3.05) is 6.61 Å². The zero-order valence-corrected chi connectivity index (χ0v) is 16.6. The van der Waals surface area contributed by atoms with Gasteiger partial charge in [-0.15, -0.1) is 0 Å². The van der Waals surface area contributed by atoms with E-state index in [4.69, 9.17) is 9.47 Å². The van der Waals surface area contributed by atoms with Gasteiger partial charge in [0.15, 0.2) is 6.61 Å². The Morgan fingerprint density at radius 2 is 1.63 bits per heavy atom. The van der Waals surface area contributed by atoms with Crippen molar-refractivity contribution in [2.45, 2.75) is 13.3 Å². The number of H-pyrrole nitrogens is 1. The van der Waals surface area contributed by atoms with Crippen LogP contribution in [-0.4, -0.2) is 23.3 Å². The summed E-state index contributed by atoms with van der Waals surface area (Å²) in [5, 5.41) is 0.836. The molecule has 0 fully saturated rings. The van der Waals surface area contributed by atoms with Crippen LogP contribution < -0.4 is 4.74 Å². The van der Waals surface area contributed by atoms with Crippen LogP contribution in [-0.2, 0) is 11.2 Å². The number of rotatable bonds is 7. The van der Waals surface area contributed by atoms with Gasteiger partial charge >= 0.3 is 5.97 Å². The number of ketones is 1. The molecule has 1 heterocycles. The van der Waals surface area contributed by atoms with Crippen molar-refractivity contribution in [2.24, 2.45) is 0 Å². The summed E-state index contributed by atoms with van der Waals surface area (Å²) in [6.07, 6.45) is 2.53. The lowest BCUT2D eigenvalue weighted by Gasteiger charge is -2.10. The van der Waals surface area contributed by atoms with Crippen LogP contribution in [0.4, 0.5) is 0 Å². The van der Waals surface area contributed by atoms with E-state index in [0.29, 0.717) is 17.1 Å². The van der Waals surface area contributed by atoms with Crippen LogP contribution in [0.3, 0.4) is 0 Å². The number of fused-ring (bicyclic) bond motifs is 1. The lowest BCUT2D eigenvalue weighted by Crippen LogP contribution is -2.14. The monoisotopic (exact) mass is 399 g/mol. The Bertz CT molecular complexity index is 1190. The first-order chi connectivity index (χ1) is 14.7. The summed E-state index contributed by atoms with van der Waals surface area (Å²) in [6, 6.07) is 21.8. The number of hydrogen-bond acceptors (Lipinski definition) is 4. The van der Waals surface area contributed by atoms with Crippen LogP contribution in [0, 0.1) is 0 Å². The largest absolute Gasteiger partial charge is 0.456 e. The summed E-state index contributed by atoms with van der Waals surface area (Å²) in [6.45, 7) is 1.72. The molecule has 1 aromatic heterocycles. The number of Topliss-reactive ketones (excluding diaryl/α,β-unsaturated/α-hetero) is 1. The Balaban J connectivity index is 1.49. The van der Waals surface area contributed by atoms with Crippen molar-refractivity contribution in [3.63, 3.8) is 0 Å². The van der Waals surface area contributed by atoms with E-state index in [1.807, 2.05) is 36.4 Å². The van der Waals surface area contributed by atoms with Gasteiger partial charge in [0.25, 0.3) is 0 Å². The highest BCUT2D eigenvalue weighted by Gasteiger charge is 2.18. The average molecular weight is 399 g/mol. The first kappa shape index (κ1) is 19.5. The van der Waals surface area contributed by atoms with Gasteiger partial charge in [-0.1, -0.05) is 55.5 Å². The number of carbonyl (C=O) groups is 2. The van der Waals surface area contributed by atoms with Crippen molar-refractivity contribution in [1.82, 2.24) is 4.98 Å². The van der Waals surface area contributed by atoms with Gasteiger partial charge in [0.2, 0.25) is 5.78 Å². The number of esters is 1. The highest BCUT2D eigenvalue weighted by atomic mass is 16.5. The topological polar surface area (TPSA) is 68.4 Å². The predicted octanol–water partition coefficient (Wildman–Crippen LogP) is 5.56. The molecule has 0 bridgehead atoms. The molecule has 5 heteroatoms. The number of aromatic amines is 1. The van der Waals surface area contributed by atoms with Crippen LogP contribution in [0.15, 0.2) is 79.0 Å². The second kappa shape index (κ2) is 8.66. The minimum atomic E-state index is -0.607. The van der Waals surface area contributed by atoms with E-state index in [2.05, 4.69) is 11.9 Å². The molecule has 0 unspecified atom stereocenters. The molecule has 0 saturated carbocycles. The van der Waals surface area contributed by atoms with E-state index in [-0.39, 0.29) is 18.0 Å². The molecule has 30 heavy (non-hydrogen) atoms. The van der Waals surface area contributed by atoms with Gasteiger partial charge in [-0.2, -0.15) is 0 Å². The standard InChI is InChI=1S/C25H21NO4/c1-2-17-9-8-13-19-21(15-26-24(17)19)22(27)16-29-25(28)20-12-6-7-14-23(20)30-18-10-4-3-5-11-18/h3-15,26H,2,16H2,1H3. The van der Waals surface area contributed by atoms with Crippen LogP contribution in [0.25, 0.3) is 10.9 Å². The fourth-order valence-corrected chi connectivity index (χ4v) is 3.37. The molecule has 4 rings (SSSR count). The SMILES string of the molecule is CCc1cccc2c(C(=O)COC(=O)c3ccccc3Oc3ccccc3)c[nH]c12. The summed E-state index contributed by atoms with van der Waals surface area (Å²) in [5.41, 5.74) is 2.86. The number of aromatic nitrogens is 1. The van der Waals surface area contributed by atoms with Crippen molar-refractivity contribution < 1.29 is 19.1 Å². The van der Waals surface area contributed by atoms with Gasteiger partial charge in [-0.05, 0) is 36.2 Å². The van der Waals surface area contributed by atoms with Gasteiger partial charge in [-0.25, -0.2) is 4.79 Å². The molecule has 0 saturated heterocycles. The molecule has 3 aromatic carbocycles. The zero-order chi connectivity index (χ0) is 20.9. The molecule has 5 nitrogen and oxygen atoms in total. The zero-order valence-electron chi connectivity index (χ0n) is 16.6. The third-order valence-electron chi connectivity index (χ3n) is 4.90.